The van der Waals surface area contributed by atoms with Crippen molar-refractivity contribution in [2.45, 2.75) is 32.7 Å². The number of carbonyl (C=O) groups is 1. The zero-order valence-corrected chi connectivity index (χ0v) is 11.8. The van der Waals surface area contributed by atoms with E-state index in [0.29, 0.717) is 5.56 Å². The molecule has 0 bridgehead atoms. The van der Waals surface area contributed by atoms with E-state index in [0.717, 1.165) is 24.1 Å². The first-order valence-corrected chi connectivity index (χ1v) is 6.94. The van der Waals surface area contributed by atoms with E-state index in [4.69, 9.17) is 0 Å². The van der Waals surface area contributed by atoms with Gasteiger partial charge in [0.05, 0.1) is 5.56 Å². The van der Waals surface area contributed by atoms with Gasteiger partial charge in [-0.3, -0.25) is 9.78 Å². The molecule has 0 radical (unpaired) electrons. The summed E-state index contributed by atoms with van der Waals surface area (Å²) in [6, 6.07) is 10.5. The van der Waals surface area contributed by atoms with Crippen molar-refractivity contribution in [2.75, 3.05) is 0 Å². The van der Waals surface area contributed by atoms with E-state index < -0.39 is 0 Å². The maximum atomic E-state index is 12.3. The minimum Gasteiger partial charge on any atom is -0.349 e. The lowest BCUT2D eigenvalue weighted by atomic mass is 10.1. The molecule has 0 saturated carbocycles. The van der Waals surface area contributed by atoms with Crippen LogP contribution in [0.4, 0.5) is 0 Å². The van der Waals surface area contributed by atoms with E-state index in [1.807, 2.05) is 19.9 Å². The van der Waals surface area contributed by atoms with E-state index in [1.54, 1.807) is 6.20 Å². The maximum absolute atomic E-state index is 12.3. The Bertz CT molecular complexity index is 639. The van der Waals surface area contributed by atoms with Gasteiger partial charge in [-0.25, -0.2) is 0 Å². The second-order valence-corrected chi connectivity index (χ2v) is 5.49. The van der Waals surface area contributed by atoms with Crippen molar-refractivity contribution in [3.05, 3.63) is 64.5 Å². The quantitative estimate of drug-likeness (QED) is 0.907. The molecule has 1 aromatic heterocycles. The standard InChI is InChI=1S/C17H18N2O/c1-11-7-12(2)18-10-16(11)17(20)19-15-8-13-5-3-4-6-14(13)9-15/h3-7,10,15H,8-9H2,1-2H3,(H,19,20). The highest BCUT2D eigenvalue weighted by Crippen LogP contribution is 2.22. The van der Waals surface area contributed by atoms with Crippen LogP contribution in [0.2, 0.25) is 0 Å². The zero-order valence-electron chi connectivity index (χ0n) is 11.8. The molecule has 0 unspecified atom stereocenters. The number of hydrogen-bond donors (Lipinski definition) is 1. The SMILES string of the molecule is Cc1cc(C)c(C(=O)NC2Cc3ccccc3C2)cn1. The molecular weight excluding hydrogens is 248 g/mol. The number of benzene rings is 1. The zero-order chi connectivity index (χ0) is 14.1. The summed E-state index contributed by atoms with van der Waals surface area (Å²) < 4.78 is 0. The Labute approximate surface area is 119 Å². The van der Waals surface area contributed by atoms with Crippen LogP contribution in [-0.4, -0.2) is 16.9 Å². The third-order valence-electron chi connectivity index (χ3n) is 3.88. The highest BCUT2D eigenvalue weighted by molar-refractivity contribution is 5.95. The average Bonchev–Trinajstić information content (AvgIpc) is 2.80. The molecule has 0 fully saturated rings. The molecule has 20 heavy (non-hydrogen) atoms. The summed E-state index contributed by atoms with van der Waals surface area (Å²) in [5, 5.41) is 3.12. The molecule has 0 aliphatic heterocycles. The monoisotopic (exact) mass is 266 g/mol. The number of aryl methyl sites for hydroxylation is 2. The van der Waals surface area contributed by atoms with Gasteiger partial charge in [0.25, 0.3) is 5.91 Å². The summed E-state index contributed by atoms with van der Waals surface area (Å²) in [5.74, 6) is -0.0205. The second kappa shape index (κ2) is 5.08. The van der Waals surface area contributed by atoms with Crippen molar-refractivity contribution in [2.24, 2.45) is 0 Å². The van der Waals surface area contributed by atoms with Gasteiger partial charge >= 0.3 is 0 Å². The number of carbonyl (C=O) groups excluding carboxylic acids is 1. The van der Waals surface area contributed by atoms with Crippen LogP contribution in [0.1, 0.15) is 32.7 Å². The Morgan fingerprint density at radius 2 is 1.85 bits per heavy atom. The van der Waals surface area contributed by atoms with Gasteiger partial charge in [0, 0.05) is 17.9 Å². The fourth-order valence-corrected chi connectivity index (χ4v) is 2.86. The summed E-state index contributed by atoms with van der Waals surface area (Å²) in [6.07, 6.45) is 3.50. The third kappa shape index (κ3) is 2.44. The number of pyridine rings is 1. The van der Waals surface area contributed by atoms with E-state index in [-0.39, 0.29) is 11.9 Å². The lowest BCUT2D eigenvalue weighted by Crippen LogP contribution is -2.35. The molecule has 2 aromatic rings. The maximum Gasteiger partial charge on any atom is 0.253 e. The Balaban J connectivity index is 1.72. The molecule has 0 saturated heterocycles. The Hall–Kier alpha value is -2.16. The largest absolute Gasteiger partial charge is 0.349 e. The van der Waals surface area contributed by atoms with E-state index in [1.165, 1.54) is 11.1 Å². The number of nitrogens with one attached hydrogen (secondary N) is 1. The first kappa shape index (κ1) is 12.9. The average molecular weight is 266 g/mol. The fourth-order valence-electron chi connectivity index (χ4n) is 2.86. The van der Waals surface area contributed by atoms with Crippen molar-refractivity contribution < 1.29 is 4.79 Å². The van der Waals surface area contributed by atoms with Crippen LogP contribution in [-0.2, 0) is 12.8 Å². The predicted molar refractivity (Wildman–Crippen MR) is 78.8 cm³/mol. The van der Waals surface area contributed by atoms with Crippen molar-refractivity contribution in [3.8, 4) is 0 Å². The molecular formula is C17H18N2O. The van der Waals surface area contributed by atoms with Crippen LogP contribution in [0, 0.1) is 13.8 Å². The first-order chi connectivity index (χ1) is 9.63. The van der Waals surface area contributed by atoms with Crippen molar-refractivity contribution in [1.82, 2.24) is 10.3 Å². The smallest absolute Gasteiger partial charge is 0.253 e. The summed E-state index contributed by atoms with van der Waals surface area (Å²) in [6.45, 7) is 3.88. The number of amides is 1. The van der Waals surface area contributed by atoms with Crippen LogP contribution >= 0.6 is 0 Å². The Kier molecular flexibility index (Phi) is 3.26. The molecule has 1 aromatic carbocycles. The van der Waals surface area contributed by atoms with Gasteiger partial charge in [-0.05, 0) is 49.4 Å². The van der Waals surface area contributed by atoms with Crippen LogP contribution < -0.4 is 5.32 Å². The summed E-state index contributed by atoms with van der Waals surface area (Å²) in [4.78, 5) is 16.5. The topological polar surface area (TPSA) is 42.0 Å². The summed E-state index contributed by atoms with van der Waals surface area (Å²) in [5.41, 5.74) is 5.28. The first-order valence-electron chi connectivity index (χ1n) is 6.94. The molecule has 1 amide bonds. The highest BCUT2D eigenvalue weighted by Gasteiger charge is 2.23. The molecule has 1 aliphatic rings. The molecule has 3 rings (SSSR count). The van der Waals surface area contributed by atoms with Crippen molar-refractivity contribution in [3.63, 3.8) is 0 Å². The van der Waals surface area contributed by atoms with Gasteiger partial charge in [0.15, 0.2) is 0 Å². The van der Waals surface area contributed by atoms with Gasteiger partial charge in [-0.1, -0.05) is 24.3 Å². The van der Waals surface area contributed by atoms with E-state index in [9.17, 15) is 4.79 Å². The highest BCUT2D eigenvalue weighted by atomic mass is 16.1. The third-order valence-corrected chi connectivity index (χ3v) is 3.88. The van der Waals surface area contributed by atoms with Gasteiger partial charge in [-0.15, -0.1) is 0 Å². The second-order valence-electron chi connectivity index (χ2n) is 5.49. The molecule has 1 aliphatic carbocycles. The molecule has 0 spiro atoms. The molecule has 3 nitrogen and oxygen atoms in total. The van der Waals surface area contributed by atoms with Gasteiger partial charge in [0.1, 0.15) is 0 Å². The lowest BCUT2D eigenvalue weighted by molar-refractivity contribution is 0.0937. The predicted octanol–water partition coefficient (Wildman–Crippen LogP) is 2.60. The van der Waals surface area contributed by atoms with Crippen LogP contribution in [0.5, 0.6) is 0 Å². The number of fused-ring (bicyclic) bond motifs is 1. The van der Waals surface area contributed by atoms with Crippen LogP contribution in [0.15, 0.2) is 36.5 Å². The summed E-state index contributed by atoms with van der Waals surface area (Å²) in [7, 11) is 0. The van der Waals surface area contributed by atoms with Crippen molar-refractivity contribution in [1.29, 1.82) is 0 Å². The van der Waals surface area contributed by atoms with E-state index >= 15 is 0 Å². The Morgan fingerprint density at radius 3 is 2.45 bits per heavy atom. The normalized spacial score (nSPS) is 14.1. The van der Waals surface area contributed by atoms with Gasteiger partial charge in [0.2, 0.25) is 0 Å². The van der Waals surface area contributed by atoms with Crippen LogP contribution in [0.3, 0.4) is 0 Å². The fraction of sp³-hybridized carbons (Fsp3) is 0.294. The molecule has 1 heterocycles. The van der Waals surface area contributed by atoms with E-state index in [2.05, 4.69) is 34.6 Å². The van der Waals surface area contributed by atoms with Gasteiger partial charge < -0.3 is 5.32 Å². The molecule has 3 heteroatoms. The Morgan fingerprint density at radius 1 is 1.20 bits per heavy atom. The number of hydrogen-bond acceptors (Lipinski definition) is 2. The number of aromatic nitrogens is 1. The molecule has 102 valence electrons. The summed E-state index contributed by atoms with van der Waals surface area (Å²) >= 11 is 0. The number of nitrogens with zero attached hydrogens (tertiary/aromatic N) is 1. The minimum absolute atomic E-state index is 0.0205. The number of rotatable bonds is 2. The van der Waals surface area contributed by atoms with Gasteiger partial charge in [-0.2, -0.15) is 0 Å². The molecule has 1 N–H and O–H groups in total. The lowest BCUT2D eigenvalue weighted by Gasteiger charge is -2.13. The van der Waals surface area contributed by atoms with Crippen molar-refractivity contribution >= 4 is 5.91 Å². The molecule has 0 atom stereocenters. The minimum atomic E-state index is -0.0205. The van der Waals surface area contributed by atoms with Crippen LogP contribution in [0.25, 0.3) is 0 Å².